The van der Waals surface area contributed by atoms with Gasteiger partial charge in [-0.1, -0.05) is 11.6 Å². The number of benzene rings is 1. The van der Waals surface area contributed by atoms with Gasteiger partial charge in [0.15, 0.2) is 6.29 Å². The Morgan fingerprint density at radius 2 is 2.24 bits per heavy atom. The van der Waals surface area contributed by atoms with E-state index in [0.717, 1.165) is 29.6 Å². The number of carbonyl (C=O) groups is 1. The predicted octanol–water partition coefficient (Wildman–Crippen LogP) is 2.42. The number of hydrogen-bond acceptors (Lipinski definition) is 3. The minimum atomic E-state index is 0.589. The average molecular weight is 233 g/mol. The molecule has 17 heavy (non-hydrogen) atoms. The Balaban J connectivity index is 2.24. The molecule has 1 aromatic rings. The van der Waals surface area contributed by atoms with Crippen LogP contribution in [-0.2, 0) is 4.74 Å². The van der Waals surface area contributed by atoms with Crippen LogP contribution in [0.25, 0.3) is 0 Å². The van der Waals surface area contributed by atoms with Crippen molar-refractivity contribution in [1.82, 2.24) is 0 Å². The van der Waals surface area contributed by atoms with E-state index in [1.807, 2.05) is 19.1 Å². The van der Waals surface area contributed by atoms with E-state index in [0.29, 0.717) is 12.6 Å². The van der Waals surface area contributed by atoms with Gasteiger partial charge in [-0.25, -0.2) is 0 Å². The summed E-state index contributed by atoms with van der Waals surface area (Å²) in [5.41, 5.74) is 2.96. The molecule has 2 rings (SSSR count). The van der Waals surface area contributed by atoms with Crippen LogP contribution in [0.5, 0.6) is 0 Å². The Morgan fingerprint density at radius 3 is 2.82 bits per heavy atom. The van der Waals surface area contributed by atoms with Crippen molar-refractivity contribution in [2.75, 3.05) is 25.2 Å². The number of nitrogens with zero attached hydrogens (tertiary/aromatic N) is 1. The lowest BCUT2D eigenvalue weighted by molar-refractivity contribution is 0.112. The lowest BCUT2D eigenvalue weighted by Crippen LogP contribution is -2.30. The summed E-state index contributed by atoms with van der Waals surface area (Å²) in [5, 5.41) is 0. The van der Waals surface area contributed by atoms with Gasteiger partial charge in [-0.05, 0) is 31.9 Å². The number of methoxy groups -OCH3 is 1. The maximum Gasteiger partial charge on any atom is 0.152 e. The molecule has 0 radical (unpaired) electrons. The minimum absolute atomic E-state index is 0.589. The molecule has 0 heterocycles. The van der Waals surface area contributed by atoms with Gasteiger partial charge in [-0.2, -0.15) is 0 Å². The van der Waals surface area contributed by atoms with Gasteiger partial charge in [-0.15, -0.1) is 0 Å². The number of aryl methyl sites for hydroxylation is 1. The predicted molar refractivity (Wildman–Crippen MR) is 68.8 cm³/mol. The molecule has 0 aromatic heterocycles. The largest absolute Gasteiger partial charge is 0.383 e. The zero-order valence-electron chi connectivity index (χ0n) is 10.5. The monoisotopic (exact) mass is 233 g/mol. The topological polar surface area (TPSA) is 29.5 Å². The molecule has 1 saturated carbocycles. The number of anilines is 1. The quantitative estimate of drug-likeness (QED) is 0.707. The van der Waals surface area contributed by atoms with E-state index in [4.69, 9.17) is 4.74 Å². The SMILES string of the molecule is COCCN(c1ccc(C)cc1C=O)C1CC1. The number of ether oxygens (including phenoxy) is 1. The normalized spacial score (nSPS) is 14.7. The fraction of sp³-hybridized carbons (Fsp3) is 0.500. The van der Waals surface area contributed by atoms with Gasteiger partial charge in [0.05, 0.1) is 6.61 Å². The highest BCUT2D eigenvalue weighted by Crippen LogP contribution is 2.33. The van der Waals surface area contributed by atoms with Gasteiger partial charge in [-0.3, -0.25) is 4.79 Å². The Bertz CT molecular complexity index is 399. The van der Waals surface area contributed by atoms with Gasteiger partial charge in [0.25, 0.3) is 0 Å². The summed E-state index contributed by atoms with van der Waals surface area (Å²) in [4.78, 5) is 13.4. The molecule has 1 fully saturated rings. The fourth-order valence-electron chi connectivity index (χ4n) is 2.11. The first-order chi connectivity index (χ1) is 8.26. The van der Waals surface area contributed by atoms with Gasteiger partial charge in [0.1, 0.15) is 0 Å². The summed E-state index contributed by atoms with van der Waals surface area (Å²) in [5.74, 6) is 0. The first kappa shape index (κ1) is 12.1. The summed E-state index contributed by atoms with van der Waals surface area (Å²) >= 11 is 0. The van der Waals surface area contributed by atoms with E-state index < -0.39 is 0 Å². The van der Waals surface area contributed by atoms with Crippen molar-refractivity contribution in [3.05, 3.63) is 29.3 Å². The lowest BCUT2D eigenvalue weighted by Gasteiger charge is -2.25. The third-order valence-corrected chi connectivity index (χ3v) is 3.14. The van der Waals surface area contributed by atoms with E-state index in [1.54, 1.807) is 7.11 Å². The van der Waals surface area contributed by atoms with Crippen LogP contribution < -0.4 is 4.90 Å². The molecule has 3 nitrogen and oxygen atoms in total. The summed E-state index contributed by atoms with van der Waals surface area (Å²) < 4.78 is 5.14. The molecule has 1 aliphatic carbocycles. The molecule has 1 aromatic carbocycles. The van der Waals surface area contributed by atoms with Gasteiger partial charge < -0.3 is 9.64 Å². The Labute approximate surface area is 102 Å². The molecule has 0 saturated heterocycles. The van der Waals surface area contributed by atoms with Gasteiger partial charge in [0, 0.05) is 30.9 Å². The molecular formula is C14H19NO2. The second-order valence-electron chi connectivity index (χ2n) is 4.60. The molecule has 0 aliphatic heterocycles. The van der Waals surface area contributed by atoms with Crippen LogP contribution in [0, 0.1) is 6.92 Å². The van der Waals surface area contributed by atoms with Crippen LogP contribution in [0.2, 0.25) is 0 Å². The van der Waals surface area contributed by atoms with Crippen LogP contribution in [0.15, 0.2) is 18.2 Å². The number of hydrogen-bond donors (Lipinski definition) is 0. The molecule has 0 bridgehead atoms. The molecule has 1 aliphatic rings. The zero-order chi connectivity index (χ0) is 12.3. The number of carbonyl (C=O) groups excluding carboxylic acids is 1. The molecule has 0 amide bonds. The highest BCUT2D eigenvalue weighted by atomic mass is 16.5. The second kappa shape index (κ2) is 5.32. The molecular weight excluding hydrogens is 214 g/mol. The zero-order valence-corrected chi connectivity index (χ0v) is 10.5. The van der Waals surface area contributed by atoms with Crippen LogP contribution in [0.3, 0.4) is 0 Å². The Kier molecular flexibility index (Phi) is 3.79. The first-order valence-electron chi connectivity index (χ1n) is 6.07. The third-order valence-electron chi connectivity index (χ3n) is 3.14. The van der Waals surface area contributed by atoms with Crippen LogP contribution in [-0.4, -0.2) is 32.6 Å². The van der Waals surface area contributed by atoms with E-state index in [1.165, 1.54) is 12.8 Å². The summed E-state index contributed by atoms with van der Waals surface area (Å²) in [6, 6.07) is 6.65. The second-order valence-corrected chi connectivity index (χ2v) is 4.60. The van der Waals surface area contributed by atoms with Crippen molar-refractivity contribution in [1.29, 1.82) is 0 Å². The van der Waals surface area contributed by atoms with Crippen molar-refractivity contribution >= 4 is 12.0 Å². The minimum Gasteiger partial charge on any atom is -0.383 e. The molecule has 3 heteroatoms. The summed E-state index contributed by atoms with van der Waals surface area (Å²) in [7, 11) is 1.71. The maximum atomic E-state index is 11.1. The highest BCUT2D eigenvalue weighted by Gasteiger charge is 2.30. The first-order valence-corrected chi connectivity index (χ1v) is 6.07. The highest BCUT2D eigenvalue weighted by molar-refractivity contribution is 5.85. The van der Waals surface area contributed by atoms with Crippen molar-refractivity contribution in [3.8, 4) is 0 Å². The summed E-state index contributed by atoms with van der Waals surface area (Å²) in [6.07, 6.45) is 3.39. The standard InChI is InChI=1S/C14H19NO2/c1-11-3-6-14(12(9-11)10-16)15(7-8-17-2)13-4-5-13/h3,6,9-10,13H,4-5,7-8H2,1-2H3. The third kappa shape index (κ3) is 2.86. The molecule has 0 unspecified atom stereocenters. The lowest BCUT2D eigenvalue weighted by atomic mass is 10.1. The summed E-state index contributed by atoms with van der Waals surface area (Å²) in [6.45, 7) is 3.56. The molecule has 0 N–H and O–H groups in total. The van der Waals surface area contributed by atoms with E-state index in [-0.39, 0.29) is 0 Å². The number of rotatable bonds is 6. The van der Waals surface area contributed by atoms with Crippen molar-refractivity contribution in [3.63, 3.8) is 0 Å². The average Bonchev–Trinajstić information content (AvgIpc) is 3.15. The Hall–Kier alpha value is -1.35. The molecule has 0 spiro atoms. The van der Waals surface area contributed by atoms with Crippen LogP contribution >= 0.6 is 0 Å². The number of aldehydes is 1. The van der Waals surface area contributed by atoms with E-state index >= 15 is 0 Å². The Morgan fingerprint density at radius 1 is 1.47 bits per heavy atom. The fourth-order valence-corrected chi connectivity index (χ4v) is 2.11. The van der Waals surface area contributed by atoms with E-state index in [2.05, 4.69) is 11.0 Å². The molecule has 0 atom stereocenters. The maximum absolute atomic E-state index is 11.1. The van der Waals surface area contributed by atoms with E-state index in [9.17, 15) is 4.79 Å². The van der Waals surface area contributed by atoms with Crippen molar-refractivity contribution in [2.24, 2.45) is 0 Å². The van der Waals surface area contributed by atoms with Crippen LogP contribution in [0.1, 0.15) is 28.8 Å². The van der Waals surface area contributed by atoms with Crippen LogP contribution in [0.4, 0.5) is 5.69 Å². The van der Waals surface area contributed by atoms with Crippen molar-refractivity contribution in [2.45, 2.75) is 25.8 Å². The van der Waals surface area contributed by atoms with Gasteiger partial charge in [0.2, 0.25) is 0 Å². The smallest absolute Gasteiger partial charge is 0.152 e. The van der Waals surface area contributed by atoms with Crippen molar-refractivity contribution < 1.29 is 9.53 Å². The van der Waals surface area contributed by atoms with Gasteiger partial charge >= 0.3 is 0 Å². The molecule has 92 valence electrons.